The number of hydrogen-bond donors (Lipinski definition) is 2. The first kappa shape index (κ1) is 10.9. The van der Waals surface area contributed by atoms with Crippen LogP contribution in [0.1, 0.15) is 57.8 Å². The lowest BCUT2D eigenvalue weighted by atomic mass is 9.57. The van der Waals surface area contributed by atoms with E-state index in [0.29, 0.717) is 6.42 Å². The fourth-order valence-electron chi connectivity index (χ4n) is 3.54. The Balaban J connectivity index is 2.28. The number of carboxylic acid groups (broad SMARTS) is 1. The molecule has 0 aromatic heterocycles. The Labute approximate surface area is 90.5 Å². The molecule has 0 saturated heterocycles. The maximum absolute atomic E-state index is 11.3. The maximum atomic E-state index is 11.3. The monoisotopic (exact) mass is 212 g/mol. The molecule has 0 aromatic rings. The molecule has 2 aliphatic rings. The van der Waals surface area contributed by atoms with Crippen LogP contribution in [-0.4, -0.2) is 21.8 Å². The quantitative estimate of drug-likeness (QED) is 0.701. The Kier molecular flexibility index (Phi) is 2.75. The molecule has 86 valence electrons. The molecule has 15 heavy (non-hydrogen) atoms. The Morgan fingerprint density at radius 3 is 1.87 bits per heavy atom. The standard InChI is InChI=1S/C12H20O3/c13-10(14)12(15)9-5-4-8-11(12)6-2-1-3-7-11/h15H,1-9H2,(H,13,14). The summed E-state index contributed by atoms with van der Waals surface area (Å²) in [7, 11) is 0. The molecule has 2 rings (SSSR count). The van der Waals surface area contributed by atoms with E-state index in [4.69, 9.17) is 0 Å². The zero-order valence-electron chi connectivity index (χ0n) is 9.17. The lowest BCUT2D eigenvalue weighted by molar-refractivity contribution is -0.188. The smallest absolute Gasteiger partial charge is 0.336 e. The van der Waals surface area contributed by atoms with Gasteiger partial charge < -0.3 is 10.2 Å². The highest BCUT2D eigenvalue weighted by Crippen LogP contribution is 2.53. The van der Waals surface area contributed by atoms with Crippen LogP contribution in [0.15, 0.2) is 0 Å². The van der Waals surface area contributed by atoms with Crippen LogP contribution in [0, 0.1) is 5.41 Å². The highest BCUT2D eigenvalue weighted by Gasteiger charge is 2.56. The lowest BCUT2D eigenvalue weighted by Crippen LogP contribution is -2.56. The summed E-state index contributed by atoms with van der Waals surface area (Å²) in [6.07, 6.45) is 8.42. The first-order valence-electron chi connectivity index (χ1n) is 6.07. The molecule has 3 nitrogen and oxygen atoms in total. The topological polar surface area (TPSA) is 57.5 Å². The van der Waals surface area contributed by atoms with Gasteiger partial charge in [-0.05, 0) is 32.1 Å². The summed E-state index contributed by atoms with van der Waals surface area (Å²) in [5, 5.41) is 19.7. The molecule has 0 aliphatic heterocycles. The summed E-state index contributed by atoms with van der Waals surface area (Å²) < 4.78 is 0. The van der Waals surface area contributed by atoms with Crippen LogP contribution in [0.3, 0.4) is 0 Å². The number of rotatable bonds is 1. The highest BCUT2D eigenvalue weighted by molar-refractivity contribution is 5.78. The molecule has 1 spiro atoms. The average Bonchev–Trinajstić information content (AvgIpc) is 2.24. The van der Waals surface area contributed by atoms with Gasteiger partial charge in [-0.2, -0.15) is 0 Å². The third-order valence-corrected chi connectivity index (χ3v) is 4.49. The van der Waals surface area contributed by atoms with E-state index in [9.17, 15) is 15.0 Å². The minimum absolute atomic E-state index is 0.310. The van der Waals surface area contributed by atoms with Crippen LogP contribution in [0.2, 0.25) is 0 Å². The zero-order valence-corrected chi connectivity index (χ0v) is 9.17. The second kappa shape index (κ2) is 3.78. The van der Waals surface area contributed by atoms with Crippen molar-refractivity contribution in [1.29, 1.82) is 0 Å². The van der Waals surface area contributed by atoms with Gasteiger partial charge in [-0.3, -0.25) is 0 Å². The summed E-state index contributed by atoms with van der Waals surface area (Å²) in [5.41, 5.74) is -1.75. The largest absolute Gasteiger partial charge is 0.479 e. The van der Waals surface area contributed by atoms with E-state index in [1.165, 1.54) is 6.42 Å². The molecule has 2 fully saturated rings. The molecule has 0 bridgehead atoms. The van der Waals surface area contributed by atoms with Gasteiger partial charge in [0.05, 0.1) is 0 Å². The van der Waals surface area contributed by atoms with Crippen molar-refractivity contribution in [1.82, 2.24) is 0 Å². The molecule has 0 radical (unpaired) electrons. The Morgan fingerprint density at radius 2 is 1.33 bits per heavy atom. The van der Waals surface area contributed by atoms with Gasteiger partial charge in [-0.1, -0.05) is 25.7 Å². The SMILES string of the molecule is O=C(O)C1(O)CCCCC12CCCCC2. The van der Waals surface area contributed by atoms with Gasteiger partial charge >= 0.3 is 5.97 Å². The van der Waals surface area contributed by atoms with Crippen molar-refractivity contribution in [2.24, 2.45) is 5.41 Å². The van der Waals surface area contributed by atoms with Gasteiger partial charge in [-0.25, -0.2) is 4.79 Å². The van der Waals surface area contributed by atoms with E-state index in [-0.39, 0.29) is 5.41 Å². The molecule has 0 heterocycles. The van der Waals surface area contributed by atoms with Gasteiger partial charge in [0.15, 0.2) is 5.60 Å². The van der Waals surface area contributed by atoms with Gasteiger partial charge in [0.25, 0.3) is 0 Å². The number of hydrogen-bond acceptors (Lipinski definition) is 2. The van der Waals surface area contributed by atoms with E-state index in [2.05, 4.69) is 0 Å². The fourth-order valence-corrected chi connectivity index (χ4v) is 3.54. The van der Waals surface area contributed by atoms with Crippen molar-refractivity contribution in [2.75, 3.05) is 0 Å². The highest BCUT2D eigenvalue weighted by atomic mass is 16.4. The van der Waals surface area contributed by atoms with Crippen molar-refractivity contribution in [3.8, 4) is 0 Å². The summed E-state index contributed by atoms with van der Waals surface area (Å²) in [4.78, 5) is 11.3. The van der Waals surface area contributed by atoms with Crippen LogP contribution in [0.25, 0.3) is 0 Å². The molecule has 2 N–H and O–H groups in total. The zero-order chi connectivity index (χ0) is 10.9. The molecule has 0 amide bonds. The minimum Gasteiger partial charge on any atom is -0.479 e. The molecule has 2 saturated carbocycles. The second-order valence-corrected chi connectivity index (χ2v) is 5.21. The van der Waals surface area contributed by atoms with E-state index < -0.39 is 11.6 Å². The van der Waals surface area contributed by atoms with Crippen LogP contribution in [0.4, 0.5) is 0 Å². The molecule has 2 aliphatic carbocycles. The second-order valence-electron chi connectivity index (χ2n) is 5.21. The summed E-state index contributed by atoms with van der Waals surface area (Å²) in [6, 6.07) is 0. The van der Waals surface area contributed by atoms with E-state index >= 15 is 0 Å². The number of carboxylic acids is 1. The molecule has 3 heteroatoms. The van der Waals surface area contributed by atoms with E-state index in [1.54, 1.807) is 0 Å². The van der Waals surface area contributed by atoms with Gasteiger partial charge in [0.1, 0.15) is 0 Å². The van der Waals surface area contributed by atoms with Crippen LogP contribution < -0.4 is 0 Å². The van der Waals surface area contributed by atoms with Gasteiger partial charge in [0, 0.05) is 5.41 Å². The number of aliphatic hydroxyl groups is 1. The van der Waals surface area contributed by atoms with Crippen molar-refractivity contribution < 1.29 is 15.0 Å². The normalized spacial score (nSPS) is 35.3. The third-order valence-electron chi connectivity index (χ3n) is 4.49. The van der Waals surface area contributed by atoms with Crippen molar-refractivity contribution in [3.63, 3.8) is 0 Å². The molecular formula is C12H20O3. The molecule has 1 atom stereocenters. The number of aliphatic carboxylic acids is 1. The Bertz CT molecular complexity index is 247. The first-order chi connectivity index (χ1) is 7.11. The van der Waals surface area contributed by atoms with Crippen molar-refractivity contribution >= 4 is 5.97 Å². The third kappa shape index (κ3) is 1.57. The maximum Gasteiger partial charge on any atom is 0.336 e. The predicted molar refractivity (Wildman–Crippen MR) is 56.6 cm³/mol. The molecule has 1 unspecified atom stereocenters. The van der Waals surface area contributed by atoms with Crippen molar-refractivity contribution in [2.45, 2.75) is 63.4 Å². The molecular weight excluding hydrogens is 192 g/mol. The van der Waals surface area contributed by atoms with Gasteiger partial charge in [-0.15, -0.1) is 0 Å². The lowest BCUT2D eigenvalue weighted by Gasteiger charge is -2.50. The Hall–Kier alpha value is -0.570. The van der Waals surface area contributed by atoms with Crippen LogP contribution in [-0.2, 0) is 4.79 Å². The van der Waals surface area contributed by atoms with Crippen LogP contribution in [0.5, 0.6) is 0 Å². The Morgan fingerprint density at radius 1 is 0.867 bits per heavy atom. The summed E-state index contributed by atoms with van der Waals surface area (Å²) in [6.45, 7) is 0. The first-order valence-corrected chi connectivity index (χ1v) is 6.07. The number of carbonyl (C=O) groups is 1. The van der Waals surface area contributed by atoms with Crippen molar-refractivity contribution in [3.05, 3.63) is 0 Å². The van der Waals surface area contributed by atoms with Gasteiger partial charge in [0.2, 0.25) is 0 Å². The van der Waals surface area contributed by atoms with E-state index in [1.807, 2.05) is 0 Å². The predicted octanol–water partition coefficient (Wildman–Crippen LogP) is 2.33. The fraction of sp³-hybridized carbons (Fsp3) is 0.917. The average molecular weight is 212 g/mol. The van der Waals surface area contributed by atoms with Crippen LogP contribution >= 0.6 is 0 Å². The minimum atomic E-state index is -1.44. The summed E-state index contributed by atoms with van der Waals surface area (Å²) >= 11 is 0. The van der Waals surface area contributed by atoms with E-state index in [0.717, 1.165) is 44.9 Å². The summed E-state index contributed by atoms with van der Waals surface area (Å²) in [5.74, 6) is -0.996. The molecule has 0 aromatic carbocycles.